The van der Waals surface area contributed by atoms with Gasteiger partial charge in [-0.15, -0.1) is 0 Å². The molecule has 0 bridgehead atoms. The lowest BCUT2D eigenvalue weighted by Gasteiger charge is -2.20. The van der Waals surface area contributed by atoms with Gasteiger partial charge in [-0.25, -0.2) is 0 Å². The molecule has 1 atom stereocenters. The quantitative estimate of drug-likeness (QED) is 0.833. The predicted octanol–water partition coefficient (Wildman–Crippen LogP) is 2.08. The zero-order valence-corrected chi connectivity index (χ0v) is 9.14. The van der Waals surface area contributed by atoms with Crippen LogP contribution in [-0.4, -0.2) is 27.7 Å². The lowest BCUT2D eigenvalue weighted by atomic mass is 10.2. The fraction of sp³-hybridized carbons (Fsp3) is 0.778. The summed E-state index contributed by atoms with van der Waals surface area (Å²) in [5, 5.41) is 7.60. The maximum atomic E-state index is 4.97. The summed E-state index contributed by atoms with van der Waals surface area (Å²) in [7, 11) is 0. The molecule has 5 heteroatoms. The highest BCUT2D eigenvalue weighted by Crippen LogP contribution is 2.24. The van der Waals surface area contributed by atoms with Crippen LogP contribution < -0.4 is 5.32 Å². The maximum Gasteiger partial charge on any atom is 0.321 e. The van der Waals surface area contributed by atoms with Crippen molar-refractivity contribution in [3.8, 4) is 0 Å². The summed E-state index contributed by atoms with van der Waals surface area (Å²) in [5.41, 5.74) is 0. The van der Waals surface area contributed by atoms with Gasteiger partial charge in [-0.05, 0) is 25.5 Å². The van der Waals surface area contributed by atoms with Gasteiger partial charge >= 0.3 is 6.01 Å². The molecule has 4 nitrogen and oxygen atoms in total. The summed E-state index contributed by atoms with van der Waals surface area (Å²) in [5.74, 6) is 1.97. The molecule has 1 fully saturated rings. The average Bonchev–Trinajstić information content (AvgIpc) is 2.63. The Morgan fingerprint density at radius 3 is 3.14 bits per heavy atom. The van der Waals surface area contributed by atoms with E-state index in [1.807, 2.05) is 18.7 Å². The van der Waals surface area contributed by atoms with Crippen molar-refractivity contribution >= 4 is 17.8 Å². The van der Waals surface area contributed by atoms with Crippen molar-refractivity contribution < 1.29 is 4.52 Å². The number of aromatic nitrogens is 2. The molecule has 0 aromatic carbocycles. The number of anilines is 1. The number of aryl methyl sites for hydroxylation is 1. The van der Waals surface area contributed by atoms with Gasteiger partial charge in [0.15, 0.2) is 5.82 Å². The zero-order chi connectivity index (χ0) is 9.80. The first-order valence-corrected chi connectivity index (χ1v) is 6.05. The van der Waals surface area contributed by atoms with E-state index < -0.39 is 0 Å². The van der Waals surface area contributed by atoms with Crippen molar-refractivity contribution in [3.05, 3.63) is 5.82 Å². The second kappa shape index (κ2) is 4.68. The molecule has 2 heterocycles. The molecule has 0 saturated carbocycles. The fourth-order valence-electron chi connectivity index (χ4n) is 1.54. The molecule has 0 aliphatic carbocycles. The number of rotatable bonds is 3. The minimum absolute atomic E-state index is 0.550. The monoisotopic (exact) mass is 213 g/mol. The molecule has 0 radical (unpaired) electrons. The first-order valence-electron chi connectivity index (χ1n) is 5.00. The Hall–Kier alpha value is -0.710. The van der Waals surface area contributed by atoms with E-state index in [1.165, 1.54) is 25.0 Å². The summed E-state index contributed by atoms with van der Waals surface area (Å²) >= 11 is 2.04. The first-order chi connectivity index (χ1) is 6.84. The number of thioether (sulfide) groups is 1. The van der Waals surface area contributed by atoms with E-state index in [1.54, 1.807) is 0 Å². The van der Waals surface area contributed by atoms with Crippen LogP contribution in [0.25, 0.3) is 0 Å². The smallest absolute Gasteiger partial charge is 0.321 e. The predicted molar refractivity (Wildman–Crippen MR) is 57.6 cm³/mol. The van der Waals surface area contributed by atoms with Crippen LogP contribution in [0.3, 0.4) is 0 Å². The molecule has 14 heavy (non-hydrogen) atoms. The van der Waals surface area contributed by atoms with Crippen LogP contribution in [0.15, 0.2) is 4.52 Å². The number of hydrogen-bond acceptors (Lipinski definition) is 5. The Bertz CT molecular complexity index is 283. The summed E-state index contributed by atoms with van der Waals surface area (Å²) in [6.45, 7) is 2.76. The molecular weight excluding hydrogens is 198 g/mol. The fourth-order valence-corrected chi connectivity index (χ4v) is 2.78. The van der Waals surface area contributed by atoms with Gasteiger partial charge in [-0.1, -0.05) is 11.6 Å². The van der Waals surface area contributed by atoms with E-state index in [4.69, 9.17) is 4.52 Å². The Morgan fingerprint density at radius 2 is 2.50 bits per heavy atom. The van der Waals surface area contributed by atoms with E-state index in [9.17, 15) is 0 Å². The van der Waals surface area contributed by atoms with Crippen molar-refractivity contribution in [2.75, 3.05) is 17.6 Å². The van der Waals surface area contributed by atoms with E-state index in [-0.39, 0.29) is 0 Å². The normalized spacial score (nSPS) is 22.2. The van der Waals surface area contributed by atoms with Crippen LogP contribution in [0.4, 0.5) is 6.01 Å². The molecule has 1 unspecified atom stereocenters. The summed E-state index contributed by atoms with van der Waals surface area (Å²) in [4.78, 5) is 4.10. The van der Waals surface area contributed by atoms with Crippen LogP contribution in [0.1, 0.15) is 25.1 Å². The summed E-state index contributed by atoms with van der Waals surface area (Å²) < 4.78 is 4.97. The maximum absolute atomic E-state index is 4.97. The number of nitrogens with one attached hydrogen (secondary N) is 1. The van der Waals surface area contributed by atoms with Crippen LogP contribution in [0.5, 0.6) is 0 Å². The lowest BCUT2D eigenvalue weighted by molar-refractivity contribution is 0.425. The molecule has 1 aliphatic rings. The van der Waals surface area contributed by atoms with Crippen molar-refractivity contribution in [1.29, 1.82) is 0 Å². The second-order valence-corrected chi connectivity index (χ2v) is 4.92. The SMILES string of the molecule is Cc1noc(NCC2CCCCS2)n1. The van der Waals surface area contributed by atoms with Gasteiger partial charge in [0.1, 0.15) is 0 Å². The van der Waals surface area contributed by atoms with Gasteiger partial charge in [0.2, 0.25) is 0 Å². The van der Waals surface area contributed by atoms with Crippen molar-refractivity contribution in [1.82, 2.24) is 10.1 Å². The molecule has 1 saturated heterocycles. The van der Waals surface area contributed by atoms with Crippen LogP contribution in [0, 0.1) is 6.92 Å². The number of nitrogens with zero attached hydrogens (tertiary/aromatic N) is 2. The zero-order valence-electron chi connectivity index (χ0n) is 8.32. The van der Waals surface area contributed by atoms with Gasteiger partial charge in [0.05, 0.1) is 0 Å². The average molecular weight is 213 g/mol. The van der Waals surface area contributed by atoms with Gasteiger partial charge < -0.3 is 9.84 Å². The molecule has 2 rings (SSSR count). The Morgan fingerprint density at radius 1 is 1.57 bits per heavy atom. The van der Waals surface area contributed by atoms with E-state index in [0.29, 0.717) is 17.1 Å². The Balaban J connectivity index is 1.76. The Kier molecular flexibility index (Phi) is 3.29. The van der Waals surface area contributed by atoms with Gasteiger partial charge in [-0.2, -0.15) is 16.7 Å². The largest absolute Gasteiger partial charge is 0.337 e. The van der Waals surface area contributed by atoms with Gasteiger partial charge in [0, 0.05) is 11.8 Å². The minimum atomic E-state index is 0.550. The van der Waals surface area contributed by atoms with E-state index in [2.05, 4.69) is 15.5 Å². The van der Waals surface area contributed by atoms with Crippen molar-refractivity contribution in [2.45, 2.75) is 31.4 Å². The highest BCUT2D eigenvalue weighted by molar-refractivity contribution is 7.99. The molecule has 0 spiro atoms. The number of hydrogen-bond donors (Lipinski definition) is 1. The summed E-state index contributed by atoms with van der Waals surface area (Å²) in [6, 6.07) is 0.550. The van der Waals surface area contributed by atoms with Gasteiger partial charge in [-0.3, -0.25) is 0 Å². The highest BCUT2D eigenvalue weighted by atomic mass is 32.2. The standard InChI is InChI=1S/C9H15N3OS/c1-7-11-9(13-12-7)10-6-8-4-2-3-5-14-8/h8H,2-6H2,1H3,(H,10,11,12). The summed E-state index contributed by atoms with van der Waals surface area (Å²) in [6.07, 6.45) is 4.01. The third-order valence-electron chi connectivity index (χ3n) is 2.28. The van der Waals surface area contributed by atoms with E-state index in [0.717, 1.165) is 6.54 Å². The van der Waals surface area contributed by atoms with Crippen LogP contribution in [-0.2, 0) is 0 Å². The van der Waals surface area contributed by atoms with E-state index >= 15 is 0 Å². The van der Waals surface area contributed by atoms with Crippen molar-refractivity contribution in [3.63, 3.8) is 0 Å². The topological polar surface area (TPSA) is 51.0 Å². The highest BCUT2D eigenvalue weighted by Gasteiger charge is 2.14. The first kappa shape index (κ1) is 9.83. The lowest BCUT2D eigenvalue weighted by Crippen LogP contribution is -2.20. The molecule has 1 aromatic heterocycles. The molecule has 1 aliphatic heterocycles. The van der Waals surface area contributed by atoms with Crippen LogP contribution in [0.2, 0.25) is 0 Å². The molecule has 1 N–H and O–H groups in total. The van der Waals surface area contributed by atoms with Crippen molar-refractivity contribution in [2.24, 2.45) is 0 Å². The van der Waals surface area contributed by atoms with Gasteiger partial charge in [0.25, 0.3) is 0 Å². The molecule has 1 aromatic rings. The molecular formula is C9H15N3OS. The second-order valence-electron chi connectivity index (χ2n) is 3.52. The third kappa shape index (κ3) is 2.64. The minimum Gasteiger partial charge on any atom is -0.337 e. The van der Waals surface area contributed by atoms with Crippen LogP contribution >= 0.6 is 11.8 Å². The third-order valence-corrected chi connectivity index (χ3v) is 3.68. The molecule has 78 valence electrons. The molecule has 0 amide bonds. The Labute approximate surface area is 87.8 Å².